The predicted molar refractivity (Wildman–Crippen MR) is 67.1 cm³/mol. The minimum Gasteiger partial charge on any atom is -0.496 e. The van der Waals surface area contributed by atoms with Gasteiger partial charge in [-0.05, 0) is 25.1 Å². The summed E-state index contributed by atoms with van der Waals surface area (Å²) < 4.78 is 10.0. The average molecular weight is 247 g/mol. The van der Waals surface area contributed by atoms with Crippen molar-refractivity contribution in [2.75, 3.05) is 13.7 Å². The van der Waals surface area contributed by atoms with Gasteiger partial charge in [-0.2, -0.15) is 0 Å². The fraction of sp³-hybridized carbons (Fsp3) is 0.231. The number of aromatic amines is 1. The van der Waals surface area contributed by atoms with Gasteiger partial charge in [-0.25, -0.2) is 4.79 Å². The Hall–Kier alpha value is -2.30. The minimum absolute atomic E-state index is 0.124. The van der Waals surface area contributed by atoms with Gasteiger partial charge < -0.3 is 14.5 Å². The third-order valence-electron chi connectivity index (χ3n) is 2.56. The Bertz CT molecular complexity index is 645. The second-order valence-electron chi connectivity index (χ2n) is 3.65. The maximum Gasteiger partial charge on any atom is 0.354 e. The molecule has 0 saturated carbocycles. The van der Waals surface area contributed by atoms with Crippen LogP contribution in [0.4, 0.5) is 0 Å². The van der Waals surface area contributed by atoms with E-state index in [1.165, 1.54) is 7.11 Å². The molecular formula is C13H13NO4. The number of ether oxygens (including phenoxy) is 2. The van der Waals surface area contributed by atoms with Crippen molar-refractivity contribution in [1.29, 1.82) is 0 Å². The van der Waals surface area contributed by atoms with Gasteiger partial charge in [0, 0.05) is 5.39 Å². The first-order valence-electron chi connectivity index (χ1n) is 5.54. The molecular weight excluding hydrogens is 234 g/mol. The van der Waals surface area contributed by atoms with Gasteiger partial charge in [-0.15, -0.1) is 0 Å². The summed E-state index contributed by atoms with van der Waals surface area (Å²) in [5, 5.41) is 1.06. The van der Waals surface area contributed by atoms with Gasteiger partial charge in [0.05, 0.1) is 19.1 Å². The van der Waals surface area contributed by atoms with E-state index in [1.54, 1.807) is 31.2 Å². The highest BCUT2D eigenvalue weighted by Gasteiger charge is 2.12. The van der Waals surface area contributed by atoms with Crippen LogP contribution in [0, 0.1) is 0 Å². The van der Waals surface area contributed by atoms with E-state index < -0.39 is 5.97 Å². The van der Waals surface area contributed by atoms with E-state index >= 15 is 0 Å². The predicted octanol–water partition coefficient (Wildman–Crippen LogP) is 1.71. The number of fused-ring (bicyclic) bond motifs is 1. The molecule has 0 aliphatic carbocycles. The molecule has 1 aromatic heterocycles. The van der Waals surface area contributed by atoms with Crippen molar-refractivity contribution in [3.8, 4) is 5.75 Å². The highest BCUT2D eigenvalue weighted by Crippen LogP contribution is 2.23. The molecule has 0 aliphatic rings. The van der Waals surface area contributed by atoms with Gasteiger partial charge in [-0.3, -0.25) is 4.79 Å². The smallest absolute Gasteiger partial charge is 0.354 e. The Kier molecular flexibility index (Phi) is 3.32. The van der Waals surface area contributed by atoms with Crippen molar-refractivity contribution in [3.05, 3.63) is 40.3 Å². The Labute approximate surface area is 103 Å². The number of carbonyl (C=O) groups excluding carboxylic acids is 1. The first kappa shape index (κ1) is 12.2. The van der Waals surface area contributed by atoms with Crippen LogP contribution in [-0.4, -0.2) is 24.7 Å². The van der Waals surface area contributed by atoms with Gasteiger partial charge in [0.1, 0.15) is 11.4 Å². The van der Waals surface area contributed by atoms with Crippen LogP contribution < -0.4 is 10.3 Å². The fourth-order valence-electron chi connectivity index (χ4n) is 1.76. The van der Waals surface area contributed by atoms with Crippen LogP contribution in [0.1, 0.15) is 17.4 Å². The van der Waals surface area contributed by atoms with Crippen molar-refractivity contribution < 1.29 is 14.3 Å². The molecule has 2 aromatic rings. The number of nitrogens with one attached hydrogen (secondary N) is 1. The van der Waals surface area contributed by atoms with Gasteiger partial charge in [0.25, 0.3) is 5.56 Å². The molecule has 0 aliphatic heterocycles. The summed E-state index contributed by atoms with van der Waals surface area (Å²) in [6.07, 6.45) is 0. The molecule has 5 heteroatoms. The molecule has 0 spiro atoms. The Balaban J connectivity index is 2.67. The third-order valence-corrected chi connectivity index (χ3v) is 2.56. The molecule has 5 nitrogen and oxygen atoms in total. The van der Waals surface area contributed by atoms with E-state index in [-0.39, 0.29) is 17.9 Å². The molecule has 0 saturated heterocycles. The summed E-state index contributed by atoms with van der Waals surface area (Å²) >= 11 is 0. The zero-order valence-electron chi connectivity index (χ0n) is 10.1. The van der Waals surface area contributed by atoms with Gasteiger partial charge in [0.15, 0.2) is 0 Å². The van der Waals surface area contributed by atoms with E-state index in [4.69, 9.17) is 9.47 Å². The number of hydrogen-bond donors (Lipinski definition) is 1. The van der Waals surface area contributed by atoms with Gasteiger partial charge in [0.2, 0.25) is 0 Å². The van der Waals surface area contributed by atoms with Crippen LogP contribution in [0.3, 0.4) is 0 Å². The molecule has 1 N–H and O–H groups in total. The monoisotopic (exact) mass is 247 g/mol. The Morgan fingerprint density at radius 1 is 1.33 bits per heavy atom. The summed E-state index contributed by atoms with van der Waals surface area (Å²) in [4.78, 5) is 26.0. The summed E-state index contributed by atoms with van der Waals surface area (Å²) in [5.74, 6) is -0.00782. The second kappa shape index (κ2) is 4.91. The second-order valence-corrected chi connectivity index (χ2v) is 3.65. The highest BCUT2D eigenvalue weighted by molar-refractivity contribution is 5.95. The normalized spacial score (nSPS) is 10.3. The average Bonchev–Trinajstić information content (AvgIpc) is 2.38. The van der Waals surface area contributed by atoms with Crippen molar-refractivity contribution in [1.82, 2.24) is 4.98 Å². The number of carbonyl (C=O) groups is 1. The zero-order valence-corrected chi connectivity index (χ0v) is 10.1. The summed E-state index contributed by atoms with van der Waals surface area (Å²) in [7, 11) is 1.51. The van der Waals surface area contributed by atoms with Gasteiger partial charge >= 0.3 is 5.97 Å². The van der Waals surface area contributed by atoms with Crippen LogP contribution >= 0.6 is 0 Å². The van der Waals surface area contributed by atoms with Crippen LogP contribution in [0.5, 0.6) is 5.75 Å². The number of H-pyrrole nitrogens is 1. The molecule has 94 valence electrons. The number of rotatable bonds is 3. The number of benzene rings is 1. The lowest BCUT2D eigenvalue weighted by atomic mass is 10.1. The number of methoxy groups -OCH3 is 1. The molecule has 18 heavy (non-hydrogen) atoms. The summed E-state index contributed by atoms with van der Waals surface area (Å²) in [5.41, 5.74) is -0.215. The van der Waals surface area contributed by atoms with Crippen molar-refractivity contribution in [3.63, 3.8) is 0 Å². The maximum absolute atomic E-state index is 11.9. The fourth-order valence-corrected chi connectivity index (χ4v) is 1.76. The van der Waals surface area contributed by atoms with Crippen LogP contribution in [0.2, 0.25) is 0 Å². The molecule has 0 fully saturated rings. The topological polar surface area (TPSA) is 68.4 Å². The Morgan fingerprint density at radius 3 is 2.78 bits per heavy atom. The Morgan fingerprint density at radius 2 is 2.11 bits per heavy atom. The number of hydrogen-bond acceptors (Lipinski definition) is 4. The molecule has 0 atom stereocenters. The molecule has 0 bridgehead atoms. The molecule has 1 aromatic carbocycles. The van der Waals surface area contributed by atoms with Crippen LogP contribution in [0.25, 0.3) is 10.8 Å². The van der Waals surface area contributed by atoms with Crippen molar-refractivity contribution >= 4 is 16.7 Å². The first-order chi connectivity index (χ1) is 8.67. The van der Waals surface area contributed by atoms with E-state index in [2.05, 4.69) is 4.98 Å². The quantitative estimate of drug-likeness (QED) is 0.838. The van der Waals surface area contributed by atoms with E-state index in [9.17, 15) is 9.59 Å². The largest absolute Gasteiger partial charge is 0.496 e. The molecule has 1 heterocycles. The lowest BCUT2D eigenvalue weighted by molar-refractivity contribution is 0.0519. The van der Waals surface area contributed by atoms with Crippen LogP contribution in [0.15, 0.2) is 29.1 Å². The highest BCUT2D eigenvalue weighted by atomic mass is 16.5. The lowest BCUT2D eigenvalue weighted by Crippen LogP contribution is -2.15. The number of esters is 1. The van der Waals surface area contributed by atoms with E-state index in [1.807, 2.05) is 0 Å². The molecule has 0 unspecified atom stereocenters. The number of pyridine rings is 1. The summed E-state index contributed by atoms with van der Waals surface area (Å²) in [6.45, 7) is 1.96. The van der Waals surface area contributed by atoms with Crippen molar-refractivity contribution in [2.24, 2.45) is 0 Å². The molecule has 0 radical (unpaired) electrons. The third kappa shape index (κ3) is 2.07. The standard InChI is InChI=1S/C13H13NO4/c1-3-18-13(16)10-7-9-8(12(15)14-10)5-4-6-11(9)17-2/h4-7H,3H2,1-2H3,(H,14,15). The summed E-state index contributed by atoms with van der Waals surface area (Å²) in [6, 6.07) is 6.69. The van der Waals surface area contributed by atoms with E-state index in [0.29, 0.717) is 16.5 Å². The number of aromatic nitrogens is 1. The lowest BCUT2D eigenvalue weighted by Gasteiger charge is -2.07. The van der Waals surface area contributed by atoms with Crippen molar-refractivity contribution in [2.45, 2.75) is 6.92 Å². The first-order valence-corrected chi connectivity index (χ1v) is 5.54. The molecule has 2 rings (SSSR count). The minimum atomic E-state index is -0.553. The SMILES string of the molecule is CCOC(=O)c1cc2c(OC)cccc2c(=O)[nH]1. The van der Waals surface area contributed by atoms with E-state index in [0.717, 1.165) is 0 Å². The van der Waals surface area contributed by atoms with Gasteiger partial charge in [-0.1, -0.05) is 6.07 Å². The zero-order chi connectivity index (χ0) is 13.1. The molecule has 0 amide bonds. The maximum atomic E-state index is 11.9. The van der Waals surface area contributed by atoms with Crippen LogP contribution in [-0.2, 0) is 4.74 Å².